The maximum absolute atomic E-state index is 12.0. The number of ether oxygens (including phenoxy) is 1. The molecule has 1 aliphatic rings. The second-order valence-corrected chi connectivity index (χ2v) is 5.20. The second kappa shape index (κ2) is 6.24. The number of carbonyl (C=O) groups excluding carboxylic acids is 3. The first-order valence-electron chi connectivity index (χ1n) is 6.00. The summed E-state index contributed by atoms with van der Waals surface area (Å²) in [6.45, 7) is 1.47. The van der Waals surface area contributed by atoms with E-state index in [-0.39, 0.29) is 5.76 Å². The molecule has 21 heavy (non-hydrogen) atoms. The van der Waals surface area contributed by atoms with Gasteiger partial charge in [-0.1, -0.05) is 29.3 Å². The Labute approximate surface area is 131 Å². The van der Waals surface area contributed by atoms with Crippen molar-refractivity contribution in [2.75, 3.05) is 0 Å². The van der Waals surface area contributed by atoms with Gasteiger partial charge in [-0.05, 0) is 31.2 Å². The number of hydrogen-bond acceptors (Lipinski definition) is 4. The SMILES string of the molecule is CC1=CC(=O)[C@H](C(=O)/C=C/c2c(Cl)cccc2Cl)C(=O)O1. The third-order valence-corrected chi connectivity index (χ3v) is 3.48. The number of benzene rings is 1. The molecule has 0 amide bonds. The molecule has 1 aromatic rings. The minimum atomic E-state index is -1.47. The van der Waals surface area contributed by atoms with E-state index in [4.69, 9.17) is 27.9 Å². The predicted molar refractivity (Wildman–Crippen MR) is 78.8 cm³/mol. The molecule has 0 fully saturated rings. The summed E-state index contributed by atoms with van der Waals surface area (Å²) in [6.07, 6.45) is 3.60. The lowest BCUT2D eigenvalue weighted by Gasteiger charge is -2.15. The van der Waals surface area contributed by atoms with Gasteiger partial charge in [0.05, 0.1) is 0 Å². The van der Waals surface area contributed by atoms with Crippen molar-refractivity contribution in [2.24, 2.45) is 5.92 Å². The number of ketones is 2. The molecule has 0 N–H and O–H groups in total. The molecule has 0 aromatic heterocycles. The zero-order valence-electron chi connectivity index (χ0n) is 10.9. The van der Waals surface area contributed by atoms with Crippen LogP contribution in [-0.2, 0) is 19.1 Å². The highest BCUT2D eigenvalue weighted by molar-refractivity contribution is 6.37. The van der Waals surface area contributed by atoms with E-state index < -0.39 is 23.5 Å². The number of halogens is 2. The summed E-state index contributed by atoms with van der Waals surface area (Å²) in [5, 5.41) is 0.722. The van der Waals surface area contributed by atoms with Crippen molar-refractivity contribution in [3.8, 4) is 0 Å². The summed E-state index contributed by atoms with van der Waals surface area (Å²) in [6, 6.07) is 4.90. The van der Waals surface area contributed by atoms with Crippen molar-refractivity contribution in [3.05, 3.63) is 51.7 Å². The van der Waals surface area contributed by atoms with Crippen LogP contribution in [0.25, 0.3) is 6.08 Å². The number of hydrogen-bond donors (Lipinski definition) is 0. The second-order valence-electron chi connectivity index (χ2n) is 4.38. The molecule has 0 saturated heterocycles. The summed E-state index contributed by atoms with van der Waals surface area (Å²) in [5.41, 5.74) is 0.442. The lowest BCUT2D eigenvalue weighted by Crippen LogP contribution is -2.34. The molecule has 4 nitrogen and oxygen atoms in total. The smallest absolute Gasteiger partial charge is 0.329 e. The topological polar surface area (TPSA) is 60.4 Å². The van der Waals surface area contributed by atoms with Crippen LogP contribution in [0.3, 0.4) is 0 Å². The van der Waals surface area contributed by atoms with Crippen LogP contribution >= 0.6 is 23.2 Å². The quantitative estimate of drug-likeness (QED) is 0.486. The molecule has 0 saturated carbocycles. The first-order valence-corrected chi connectivity index (χ1v) is 6.75. The number of rotatable bonds is 3. The van der Waals surface area contributed by atoms with Gasteiger partial charge in [0.2, 0.25) is 0 Å². The lowest BCUT2D eigenvalue weighted by atomic mass is 9.96. The fourth-order valence-electron chi connectivity index (χ4n) is 1.83. The highest BCUT2D eigenvalue weighted by Crippen LogP contribution is 2.26. The standard InChI is InChI=1S/C15H10Cl2O4/c1-8-7-13(19)14(15(20)21-8)12(18)6-5-9-10(16)3-2-4-11(9)17/h2-7,14H,1H3/b6-5+/t14-/m0/s1. The molecule has 1 aliphatic heterocycles. The van der Waals surface area contributed by atoms with Crippen LogP contribution in [0.2, 0.25) is 10.0 Å². The maximum Gasteiger partial charge on any atom is 0.329 e. The fourth-order valence-corrected chi connectivity index (χ4v) is 2.36. The zero-order valence-corrected chi connectivity index (χ0v) is 12.4. The van der Waals surface area contributed by atoms with Crippen LogP contribution < -0.4 is 0 Å². The first kappa shape index (κ1) is 15.5. The van der Waals surface area contributed by atoms with Crippen LogP contribution in [0.5, 0.6) is 0 Å². The third-order valence-electron chi connectivity index (χ3n) is 2.83. The van der Waals surface area contributed by atoms with E-state index in [9.17, 15) is 14.4 Å². The van der Waals surface area contributed by atoms with E-state index in [0.717, 1.165) is 12.2 Å². The average molecular weight is 325 g/mol. The molecule has 0 aliphatic carbocycles. The van der Waals surface area contributed by atoms with Gasteiger partial charge in [0.1, 0.15) is 5.76 Å². The van der Waals surface area contributed by atoms with E-state index in [1.807, 2.05) is 0 Å². The van der Waals surface area contributed by atoms with E-state index in [0.29, 0.717) is 15.6 Å². The van der Waals surface area contributed by atoms with Gasteiger partial charge in [0.25, 0.3) is 0 Å². The Hall–Kier alpha value is -1.91. The van der Waals surface area contributed by atoms with Gasteiger partial charge >= 0.3 is 5.97 Å². The van der Waals surface area contributed by atoms with E-state index in [1.165, 1.54) is 13.0 Å². The minimum absolute atomic E-state index is 0.173. The van der Waals surface area contributed by atoms with Gasteiger partial charge in [-0.2, -0.15) is 0 Å². The Balaban J connectivity index is 2.24. The van der Waals surface area contributed by atoms with Crippen molar-refractivity contribution in [3.63, 3.8) is 0 Å². The third kappa shape index (κ3) is 3.40. The molecule has 6 heteroatoms. The van der Waals surface area contributed by atoms with Gasteiger partial charge in [-0.15, -0.1) is 0 Å². The lowest BCUT2D eigenvalue weighted by molar-refractivity contribution is -0.151. The van der Waals surface area contributed by atoms with E-state index >= 15 is 0 Å². The molecule has 0 spiro atoms. The molecule has 1 heterocycles. The Morgan fingerprint density at radius 1 is 1.24 bits per heavy atom. The molecule has 0 unspecified atom stereocenters. The highest BCUT2D eigenvalue weighted by Gasteiger charge is 2.36. The Morgan fingerprint density at radius 2 is 1.86 bits per heavy atom. The maximum atomic E-state index is 12.0. The van der Waals surface area contributed by atoms with Crippen LogP contribution in [0, 0.1) is 5.92 Å². The zero-order chi connectivity index (χ0) is 15.6. The summed E-state index contributed by atoms with van der Waals surface area (Å²) in [5.74, 6) is -3.44. The predicted octanol–water partition coefficient (Wildman–Crippen LogP) is 3.22. The number of carbonyl (C=O) groups is 3. The minimum Gasteiger partial charge on any atom is -0.430 e. The number of allylic oxidation sites excluding steroid dienone is 3. The molecule has 2 rings (SSSR count). The summed E-state index contributed by atoms with van der Waals surface area (Å²) in [7, 11) is 0. The first-order chi connectivity index (χ1) is 9.90. The van der Waals surface area contributed by atoms with Crippen molar-refractivity contribution < 1.29 is 19.1 Å². The molecule has 1 atom stereocenters. The largest absolute Gasteiger partial charge is 0.430 e. The number of cyclic esters (lactones) is 1. The van der Waals surface area contributed by atoms with Crippen molar-refractivity contribution in [2.45, 2.75) is 6.92 Å². The van der Waals surface area contributed by atoms with Gasteiger partial charge in [0.15, 0.2) is 17.5 Å². The molecule has 108 valence electrons. The Bertz CT molecular complexity index is 669. The van der Waals surface area contributed by atoms with Crippen molar-refractivity contribution >= 4 is 46.8 Å². The van der Waals surface area contributed by atoms with Gasteiger partial charge in [-0.3, -0.25) is 14.4 Å². The fraction of sp³-hybridized carbons (Fsp3) is 0.133. The van der Waals surface area contributed by atoms with Crippen molar-refractivity contribution in [1.82, 2.24) is 0 Å². The van der Waals surface area contributed by atoms with E-state index in [1.54, 1.807) is 18.2 Å². The van der Waals surface area contributed by atoms with Gasteiger partial charge in [-0.25, -0.2) is 0 Å². The Kier molecular flexibility index (Phi) is 4.60. The van der Waals surface area contributed by atoms with Crippen LogP contribution in [-0.4, -0.2) is 17.5 Å². The molecular formula is C15H10Cl2O4. The molecule has 0 radical (unpaired) electrons. The Morgan fingerprint density at radius 3 is 2.43 bits per heavy atom. The molecule has 0 bridgehead atoms. The van der Waals surface area contributed by atoms with Gasteiger partial charge in [0, 0.05) is 21.7 Å². The molecule has 1 aromatic carbocycles. The van der Waals surface area contributed by atoms with Crippen molar-refractivity contribution in [1.29, 1.82) is 0 Å². The summed E-state index contributed by atoms with van der Waals surface area (Å²) < 4.78 is 4.78. The monoisotopic (exact) mass is 324 g/mol. The van der Waals surface area contributed by atoms with Gasteiger partial charge < -0.3 is 4.74 Å². The summed E-state index contributed by atoms with van der Waals surface area (Å²) in [4.78, 5) is 35.3. The highest BCUT2D eigenvalue weighted by atomic mass is 35.5. The van der Waals surface area contributed by atoms with E-state index in [2.05, 4.69) is 0 Å². The average Bonchev–Trinajstić information content (AvgIpc) is 2.36. The van der Waals surface area contributed by atoms with Crippen LogP contribution in [0.4, 0.5) is 0 Å². The van der Waals surface area contributed by atoms with Crippen LogP contribution in [0.15, 0.2) is 36.1 Å². The summed E-state index contributed by atoms with van der Waals surface area (Å²) >= 11 is 11.9. The molecular weight excluding hydrogens is 315 g/mol. The normalized spacial score (nSPS) is 18.6. The van der Waals surface area contributed by atoms with Crippen LogP contribution in [0.1, 0.15) is 12.5 Å². The number of esters is 1.